The number of aliphatic hydroxyl groups is 1. The lowest BCUT2D eigenvalue weighted by molar-refractivity contribution is -0.134. The molecule has 92 valence electrons. The predicted molar refractivity (Wildman–Crippen MR) is 63.0 cm³/mol. The van der Waals surface area contributed by atoms with Gasteiger partial charge in [0.25, 0.3) is 0 Å². The average Bonchev–Trinajstić information content (AvgIpc) is 2.82. The van der Waals surface area contributed by atoms with Crippen LogP contribution < -0.4 is 0 Å². The Kier molecular flexibility index (Phi) is 4.22. The molecular weight excluding hydrogens is 202 g/mol. The highest BCUT2D eigenvalue weighted by Crippen LogP contribution is 2.28. The fraction of sp³-hybridized carbons (Fsp3) is 0.923. The van der Waals surface area contributed by atoms with Gasteiger partial charge in [0, 0.05) is 26.1 Å². The van der Waals surface area contributed by atoms with E-state index < -0.39 is 0 Å². The number of hydrogen-bond acceptors (Lipinski definition) is 2. The first-order valence-electron chi connectivity index (χ1n) is 6.68. The smallest absolute Gasteiger partial charge is 0.222 e. The maximum absolute atomic E-state index is 12.1. The van der Waals surface area contributed by atoms with Crippen LogP contribution in [0.15, 0.2) is 0 Å². The van der Waals surface area contributed by atoms with Gasteiger partial charge in [-0.05, 0) is 37.5 Å². The Morgan fingerprint density at radius 3 is 2.50 bits per heavy atom. The minimum atomic E-state index is 0.229. The normalized spacial score (nSPS) is 27.3. The van der Waals surface area contributed by atoms with Gasteiger partial charge in [-0.2, -0.15) is 0 Å². The molecule has 3 heteroatoms. The van der Waals surface area contributed by atoms with E-state index in [1.807, 2.05) is 4.90 Å². The van der Waals surface area contributed by atoms with Gasteiger partial charge < -0.3 is 10.0 Å². The Balaban J connectivity index is 1.79. The highest BCUT2D eigenvalue weighted by molar-refractivity contribution is 5.76. The van der Waals surface area contributed by atoms with Crippen LogP contribution in [0.5, 0.6) is 0 Å². The molecule has 2 aliphatic rings. The summed E-state index contributed by atoms with van der Waals surface area (Å²) in [4.78, 5) is 14.0. The van der Waals surface area contributed by atoms with Gasteiger partial charge in [-0.25, -0.2) is 0 Å². The summed E-state index contributed by atoms with van der Waals surface area (Å²) in [6, 6.07) is 0. The molecule has 16 heavy (non-hydrogen) atoms. The summed E-state index contributed by atoms with van der Waals surface area (Å²) in [6.07, 6.45) is 7.96. The van der Waals surface area contributed by atoms with Gasteiger partial charge in [0.05, 0.1) is 0 Å². The molecule has 0 aromatic heterocycles. The lowest BCUT2D eigenvalue weighted by atomic mass is 9.97. The monoisotopic (exact) mass is 225 g/mol. The summed E-state index contributed by atoms with van der Waals surface area (Å²) in [6.45, 7) is 1.91. The van der Waals surface area contributed by atoms with Crippen LogP contribution in [0.1, 0.15) is 44.9 Å². The van der Waals surface area contributed by atoms with Gasteiger partial charge in [0.2, 0.25) is 5.91 Å². The van der Waals surface area contributed by atoms with Crippen molar-refractivity contribution in [2.24, 2.45) is 11.8 Å². The van der Waals surface area contributed by atoms with Crippen molar-refractivity contribution in [1.29, 1.82) is 0 Å². The van der Waals surface area contributed by atoms with Gasteiger partial charge in [-0.3, -0.25) is 4.79 Å². The second-order valence-corrected chi connectivity index (χ2v) is 5.39. The first-order valence-corrected chi connectivity index (χ1v) is 6.68. The molecule has 1 heterocycles. The van der Waals surface area contributed by atoms with Crippen molar-refractivity contribution >= 4 is 5.91 Å². The first kappa shape index (κ1) is 11.9. The molecule has 1 aliphatic heterocycles. The van der Waals surface area contributed by atoms with Crippen molar-refractivity contribution in [3.63, 3.8) is 0 Å². The zero-order valence-electron chi connectivity index (χ0n) is 10.0. The number of amides is 1. The van der Waals surface area contributed by atoms with Crippen LogP contribution in [-0.2, 0) is 4.79 Å². The van der Waals surface area contributed by atoms with Crippen LogP contribution in [-0.4, -0.2) is 35.6 Å². The summed E-state index contributed by atoms with van der Waals surface area (Å²) in [7, 11) is 0. The molecule has 0 bridgehead atoms. The SMILES string of the molecule is O=C(CC1CCCC1)N1CCC[C@H](CO)C1. The standard InChI is InChI=1S/C13H23NO2/c15-10-12-6-3-7-14(9-12)13(16)8-11-4-1-2-5-11/h11-12,15H,1-10H2/t12-/m0/s1. The summed E-state index contributed by atoms with van der Waals surface area (Å²) in [5.74, 6) is 1.29. The maximum atomic E-state index is 12.1. The van der Waals surface area contributed by atoms with Gasteiger partial charge in [-0.1, -0.05) is 12.8 Å². The molecular formula is C13H23NO2. The third-order valence-electron chi connectivity index (χ3n) is 4.07. The van der Waals surface area contributed by atoms with Crippen LogP contribution in [0.3, 0.4) is 0 Å². The van der Waals surface area contributed by atoms with Crippen molar-refractivity contribution in [2.45, 2.75) is 44.9 Å². The van der Waals surface area contributed by atoms with Gasteiger partial charge >= 0.3 is 0 Å². The Labute approximate surface area is 97.8 Å². The number of nitrogens with zero attached hydrogens (tertiary/aromatic N) is 1. The molecule has 0 unspecified atom stereocenters. The second kappa shape index (κ2) is 5.67. The van der Waals surface area contributed by atoms with Crippen LogP contribution in [0.2, 0.25) is 0 Å². The van der Waals surface area contributed by atoms with E-state index in [0.717, 1.165) is 32.4 Å². The Bertz CT molecular complexity index is 236. The molecule has 1 amide bonds. The predicted octanol–water partition coefficient (Wildman–Crippen LogP) is 1.80. The number of hydrogen-bond donors (Lipinski definition) is 1. The minimum Gasteiger partial charge on any atom is -0.396 e. The molecule has 0 aromatic rings. The maximum Gasteiger partial charge on any atom is 0.222 e. The zero-order chi connectivity index (χ0) is 11.4. The molecule has 2 fully saturated rings. The lowest BCUT2D eigenvalue weighted by Crippen LogP contribution is -2.41. The molecule has 1 N–H and O–H groups in total. The fourth-order valence-electron chi connectivity index (χ4n) is 3.03. The van der Waals surface area contributed by atoms with Crippen molar-refractivity contribution in [1.82, 2.24) is 4.90 Å². The van der Waals surface area contributed by atoms with Crippen LogP contribution >= 0.6 is 0 Å². The molecule has 1 atom stereocenters. The largest absolute Gasteiger partial charge is 0.396 e. The number of rotatable bonds is 3. The van der Waals surface area contributed by atoms with E-state index in [-0.39, 0.29) is 6.61 Å². The molecule has 0 radical (unpaired) electrons. The van der Waals surface area contributed by atoms with Gasteiger partial charge in [-0.15, -0.1) is 0 Å². The molecule has 1 saturated heterocycles. The third kappa shape index (κ3) is 2.97. The summed E-state index contributed by atoms with van der Waals surface area (Å²) < 4.78 is 0. The molecule has 0 spiro atoms. The number of piperidine rings is 1. The Morgan fingerprint density at radius 1 is 1.12 bits per heavy atom. The Morgan fingerprint density at radius 2 is 1.81 bits per heavy atom. The van der Waals surface area contributed by atoms with E-state index in [1.165, 1.54) is 25.7 Å². The molecule has 1 aliphatic carbocycles. The average molecular weight is 225 g/mol. The quantitative estimate of drug-likeness (QED) is 0.795. The number of likely N-dealkylation sites (tertiary alicyclic amines) is 1. The Hall–Kier alpha value is -0.570. The molecule has 1 saturated carbocycles. The van der Waals surface area contributed by atoms with Gasteiger partial charge in [0.15, 0.2) is 0 Å². The van der Waals surface area contributed by atoms with Crippen molar-refractivity contribution in [2.75, 3.05) is 19.7 Å². The third-order valence-corrected chi connectivity index (χ3v) is 4.07. The highest BCUT2D eigenvalue weighted by atomic mass is 16.3. The number of carbonyl (C=O) groups excluding carboxylic acids is 1. The summed E-state index contributed by atoms with van der Waals surface area (Å²) in [5, 5.41) is 9.14. The zero-order valence-corrected chi connectivity index (χ0v) is 10.0. The summed E-state index contributed by atoms with van der Waals surface area (Å²) >= 11 is 0. The highest BCUT2D eigenvalue weighted by Gasteiger charge is 2.26. The van der Waals surface area contributed by atoms with Crippen molar-refractivity contribution < 1.29 is 9.90 Å². The van der Waals surface area contributed by atoms with Crippen molar-refractivity contribution in [3.05, 3.63) is 0 Å². The van der Waals surface area contributed by atoms with E-state index in [2.05, 4.69) is 0 Å². The molecule has 0 aromatic carbocycles. The van der Waals surface area contributed by atoms with E-state index >= 15 is 0 Å². The van der Waals surface area contributed by atoms with E-state index in [4.69, 9.17) is 5.11 Å². The van der Waals surface area contributed by atoms with Crippen LogP contribution in [0, 0.1) is 11.8 Å². The minimum absolute atomic E-state index is 0.229. The second-order valence-electron chi connectivity index (χ2n) is 5.39. The topological polar surface area (TPSA) is 40.5 Å². The first-order chi connectivity index (χ1) is 7.79. The van der Waals surface area contributed by atoms with Gasteiger partial charge in [0.1, 0.15) is 0 Å². The van der Waals surface area contributed by atoms with Crippen LogP contribution in [0.25, 0.3) is 0 Å². The van der Waals surface area contributed by atoms with E-state index in [9.17, 15) is 4.79 Å². The number of aliphatic hydroxyl groups excluding tert-OH is 1. The number of carbonyl (C=O) groups is 1. The fourth-order valence-corrected chi connectivity index (χ4v) is 3.03. The van der Waals surface area contributed by atoms with Crippen LogP contribution in [0.4, 0.5) is 0 Å². The molecule has 2 rings (SSSR count). The van der Waals surface area contributed by atoms with E-state index in [0.29, 0.717) is 17.7 Å². The van der Waals surface area contributed by atoms with Crippen molar-refractivity contribution in [3.8, 4) is 0 Å². The summed E-state index contributed by atoms with van der Waals surface area (Å²) in [5.41, 5.74) is 0. The van der Waals surface area contributed by atoms with E-state index in [1.54, 1.807) is 0 Å². The lowest BCUT2D eigenvalue weighted by Gasteiger charge is -2.32. The molecule has 3 nitrogen and oxygen atoms in total.